The van der Waals surface area contributed by atoms with E-state index in [9.17, 15) is 4.39 Å². The smallest absolute Gasteiger partial charge is 0.161 e. The van der Waals surface area contributed by atoms with Crippen LogP contribution in [0.4, 0.5) is 10.1 Å². The Bertz CT molecular complexity index is 1300. The summed E-state index contributed by atoms with van der Waals surface area (Å²) in [6, 6.07) is 15.7. The molecule has 2 aliphatic rings. The number of halogens is 1. The first-order chi connectivity index (χ1) is 16.0. The summed E-state index contributed by atoms with van der Waals surface area (Å²) in [6.07, 6.45) is 7.30. The molecule has 0 spiro atoms. The molecule has 168 valence electrons. The van der Waals surface area contributed by atoms with Crippen molar-refractivity contribution in [3.63, 3.8) is 0 Å². The summed E-state index contributed by atoms with van der Waals surface area (Å²) in [4.78, 5) is 9.49. The number of anilines is 1. The maximum atomic E-state index is 13.4. The largest absolute Gasteiger partial charge is 0.371 e. The van der Waals surface area contributed by atoms with Crippen molar-refractivity contribution >= 4 is 5.69 Å². The molecule has 5 nitrogen and oxygen atoms in total. The Kier molecular flexibility index (Phi) is 4.84. The zero-order valence-corrected chi connectivity index (χ0v) is 19.1. The minimum atomic E-state index is -0.216. The SMILES string of the molecule is CN(C)C[C@@H]1CCN(c2ccc3c(c2)Cn2cc(-c4ccc(F)cc4)cc2-c2nccn2-3)C1. The van der Waals surface area contributed by atoms with Crippen LogP contribution in [-0.2, 0) is 6.54 Å². The Morgan fingerprint density at radius 2 is 1.91 bits per heavy atom. The number of aromatic nitrogens is 3. The highest BCUT2D eigenvalue weighted by molar-refractivity contribution is 5.72. The van der Waals surface area contributed by atoms with Crippen LogP contribution in [0.15, 0.2) is 67.1 Å². The van der Waals surface area contributed by atoms with Gasteiger partial charge < -0.3 is 14.4 Å². The topological polar surface area (TPSA) is 29.2 Å². The zero-order chi connectivity index (χ0) is 22.5. The van der Waals surface area contributed by atoms with E-state index in [2.05, 4.69) is 68.5 Å². The molecule has 0 unspecified atom stereocenters. The maximum absolute atomic E-state index is 13.4. The van der Waals surface area contributed by atoms with Gasteiger partial charge in [-0.3, -0.25) is 4.57 Å². The van der Waals surface area contributed by atoms with E-state index in [1.54, 1.807) is 0 Å². The molecular weight excluding hydrogens is 413 g/mol. The Balaban J connectivity index is 1.37. The summed E-state index contributed by atoms with van der Waals surface area (Å²) in [5.74, 6) is 1.43. The molecule has 2 aromatic carbocycles. The summed E-state index contributed by atoms with van der Waals surface area (Å²) < 4.78 is 17.9. The Morgan fingerprint density at radius 3 is 2.73 bits per heavy atom. The molecule has 1 atom stereocenters. The Hall–Kier alpha value is -3.38. The van der Waals surface area contributed by atoms with E-state index in [4.69, 9.17) is 0 Å². The second kappa shape index (κ2) is 7.89. The molecule has 0 bridgehead atoms. The average Bonchev–Trinajstić information content (AvgIpc) is 3.53. The predicted molar refractivity (Wildman–Crippen MR) is 130 cm³/mol. The van der Waals surface area contributed by atoms with Gasteiger partial charge >= 0.3 is 0 Å². The van der Waals surface area contributed by atoms with Crippen LogP contribution < -0.4 is 4.90 Å². The van der Waals surface area contributed by atoms with E-state index in [-0.39, 0.29) is 5.82 Å². The van der Waals surface area contributed by atoms with Crippen LogP contribution in [0.25, 0.3) is 28.3 Å². The van der Waals surface area contributed by atoms with Crippen molar-refractivity contribution in [2.75, 3.05) is 38.6 Å². The number of imidazole rings is 1. The van der Waals surface area contributed by atoms with Crippen LogP contribution in [0, 0.1) is 11.7 Å². The Labute approximate surface area is 193 Å². The van der Waals surface area contributed by atoms with Gasteiger partial charge in [-0.2, -0.15) is 0 Å². The van der Waals surface area contributed by atoms with E-state index in [0.29, 0.717) is 5.92 Å². The van der Waals surface area contributed by atoms with Crippen molar-refractivity contribution in [1.29, 1.82) is 0 Å². The lowest BCUT2D eigenvalue weighted by Gasteiger charge is -2.22. The third-order valence-electron chi connectivity index (χ3n) is 6.88. The minimum absolute atomic E-state index is 0.216. The van der Waals surface area contributed by atoms with Crippen molar-refractivity contribution in [3.8, 4) is 28.3 Å². The van der Waals surface area contributed by atoms with E-state index in [1.165, 1.54) is 35.5 Å². The molecule has 6 rings (SSSR count). The fourth-order valence-electron chi connectivity index (χ4n) is 5.36. The summed E-state index contributed by atoms with van der Waals surface area (Å²) in [5, 5.41) is 0. The number of benzene rings is 2. The van der Waals surface area contributed by atoms with Gasteiger partial charge in [-0.15, -0.1) is 0 Å². The standard InChI is InChI=1S/C27H28FN5/c1-30(2)15-19-9-11-31(16-19)24-7-8-25-22(13-24)18-32-17-21(20-3-5-23(28)6-4-20)14-26(32)27-29-10-12-33(25)27/h3-8,10,12-14,17,19H,9,11,15-16,18H2,1-2H3/t19-/m0/s1. The molecule has 0 amide bonds. The summed E-state index contributed by atoms with van der Waals surface area (Å²) in [5.41, 5.74) is 6.92. The van der Waals surface area contributed by atoms with E-state index in [1.807, 2.05) is 24.5 Å². The zero-order valence-electron chi connectivity index (χ0n) is 19.1. The molecule has 2 aliphatic heterocycles. The van der Waals surface area contributed by atoms with Crippen LogP contribution in [0.2, 0.25) is 0 Å². The molecule has 0 N–H and O–H groups in total. The van der Waals surface area contributed by atoms with Gasteiger partial charge in [0.1, 0.15) is 5.82 Å². The molecule has 0 aliphatic carbocycles. The molecular formula is C27H28FN5. The van der Waals surface area contributed by atoms with E-state index < -0.39 is 0 Å². The number of hydrogen-bond donors (Lipinski definition) is 0. The lowest BCUT2D eigenvalue weighted by molar-refractivity contribution is 0.340. The van der Waals surface area contributed by atoms with E-state index >= 15 is 0 Å². The van der Waals surface area contributed by atoms with E-state index in [0.717, 1.165) is 48.8 Å². The number of rotatable bonds is 4. The van der Waals surface area contributed by atoms with Gasteiger partial charge in [-0.25, -0.2) is 9.37 Å². The van der Waals surface area contributed by atoms with Crippen LogP contribution in [0.5, 0.6) is 0 Å². The average molecular weight is 442 g/mol. The molecule has 1 fully saturated rings. The summed E-state index contributed by atoms with van der Waals surface area (Å²) >= 11 is 0. The molecule has 4 aromatic rings. The van der Waals surface area contributed by atoms with Gasteiger partial charge in [-0.1, -0.05) is 12.1 Å². The Morgan fingerprint density at radius 1 is 1.06 bits per heavy atom. The number of fused-ring (bicyclic) bond motifs is 5. The first-order valence-electron chi connectivity index (χ1n) is 11.6. The van der Waals surface area contributed by atoms with Crippen LogP contribution in [-0.4, -0.2) is 52.7 Å². The van der Waals surface area contributed by atoms with Gasteiger partial charge in [0.2, 0.25) is 0 Å². The highest BCUT2D eigenvalue weighted by atomic mass is 19.1. The van der Waals surface area contributed by atoms with Crippen molar-refractivity contribution in [1.82, 2.24) is 19.0 Å². The van der Waals surface area contributed by atoms with Crippen molar-refractivity contribution in [2.24, 2.45) is 5.92 Å². The van der Waals surface area contributed by atoms with Gasteiger partial charge in [0, 0.05) is 56.0 Å². The molecule has 6 heteroatoms. The second-order valence-electron chi connectivity index (χ2n) is 9.55. The molecule has 2 aromatic heterocycles. The first-order valence-corrected chi connectivity index (χ1v) is 11.6. The summed E-state index contributed by atoms with van der Waals surface area (Å²) in [7, 11) is 4.31. The van der Waals surface area contributed by atoms with Crippen LogP contribution in [0.1, 0.15) is 12.0 Å². The van der Waals surface area contributed by atoms with Crippen molar-refractivity contribution < 1.29 is 4.39 Å². The fraction of sp³-hybridized carbons (Fsp3) is 0.296. The quantitative estimate of drug-likeness (QED) is 0.397. The molecule has 1 saturated heterocycles. The molecule has 33 heavy (non-hydrogen) atoms. The third kappa shape index (κ3) is 3.64. The second-order valence-corrected chi connectivity index (χ2v) is 9.55. The van der Waals surface area contributed by atoms with Gasteiger partial charge in [0.15, 0.2) is 5.82 Å². The third-order valence-corrected chi connectivity index (χ3v) is 6.88. The summed E-state index contributed by atoms with van der Waals surface area (Å²) in [6.45, 7) is 4.13. The lowest BCUT2D eigenvalue weighted by Crippen LogP contribution is -2.25. The predicted octanol–water partition coefficient (Wildman–Crippen LogP) is 4.90. The molecule has 0 saturated carbocycles. The fourth-order valence-corrected chi connectivity index (χ4v) is 5.36. The van der Waals surface area contributed by atoms with Gasteiger partial charge in [0.25, 0.3) is 0 Å². The van der Waals surface area contributed by atoms with Gasteiger partial charge in [0.05, 0.1) is 11.4 Å². The molecule has 0 radical (unpaired) electrons. The maximum Gasteiger partial charge on any atom is 0.161 e. The number of hydrogen-bond acceptors (Lipinski definition) is 3. The van der Waals surface area contributed by atoms with Gasteiger partial charge in [-0.05, 0) is 74.0 Å². The monoisotopic (exact) mass is 441 g/mol. The lowest BCUT2D eigenvalue weighted by atomic mass is 10.1. The van der Waals surface area contributed by atoms with Crippen LogP contribution in [0.3, 0.4) is 0 Å². The van der Waals surface area contributed by atoms with Crippen LogP contribution >= 0.6 is 0 Å². The molecule has 4 heterocycles. The highest BCUT2D eigenvalue weighted by Crippen LogP contribution is 2.36. The van der Waals surface area contributed by atoms with Crippen molar-refractivity contribution in [3.05, 3.63) is 78.5 Å². The van der Waals surface area contributed by atoms with Crippen molar-refractivity contribution in [2.45, 2.75) is 13.0 Å². The normalized spacial score (nSPS) is 17.1. The minimum Gasteiger partial charge on any atom is -0.371 e. The highest BCUT2D eigenvalue weighted by Gasteiger charge is 2.25. The number of nitrogens with zero attached hydrogens (tertiary/aromatic N) is 5. The first kappa shape index (κ1) is 20.2.